The molecule has 0 spiro atoms. The fourth-order valence-corrected chi connectivity index (χ4v) is 3.33. The van der Waals surface area contributed by atoms with E-state index in [9.17, 15) is 4.79 Å². The van der Waals surface area contributed by atoms with Gasteiger partial charge in [-0.2, -0.15) is 0 Å². The van der Waals surface area contributed by atoms with Gasteiger partial charge in [-0.25, -0.2) is 0 Å². The number of aryl methyl sites for hydroxylation is 3. The van der Waals surface area contributed by atoms with E-state index in [0.717, 1.165) is 27.3 Å². The number of likely N-dealkylation sites (N-methyl/N-ethyl adjacent to an activating group) is 1. The van der Waals surface area contributed by atoms with Gasteiger partial charge in [0.05, 0.1) is 24.9 Å². The molecule has 0 fully saturated rings. The minimum Gasteiger partial charge on any atom is -0.496 e. The number of rotatable bonds is 6. The predicted molar refractivity (Wildman–Crippen MR) is 103 cm³/mol. The van der Waals surface area contributed by atoms with Crippen LogP contribution in [0.2, 0.25) is 5.02 Å². The van der Waals surface area contributed by atoms with Gasteiger partial charge in [0.25, 0.3) is 5.91 Å². The van der Waals surface area contributed by atoms with Crippen LogP contribution in [-0.4, -0.2) is 26.6 Å². The number of quaternary nitrogens is 1. The summed E-state index contributed by atoms with van der Waals surface area (Å²) >= 11 is 6.26. The zero-order valence-electron chi connectivity index (χ0n) is 15.5. The lowest BCUT2D eigenvalue weighted by Gasteiger charge is -2.17. The lowest BCUT2D eigenvalue weighted by molar-refractivity contribution is -0.885. The number of anilines is 1. The first-order valence-corrected chi connectivity index (χ1v) is 8.69. The maximum atomic E-state index is 12.4. The number of carbonyl (C=O) groups excluding carboxylic acids is 1. The van der Waals surface area contributed by atoms with Gasteiger partial charge in [-0.3, -0.25) is 4.79 Å². The first-order valence-electron chi connectivity index (χ1n) is 8.31. The fourth-order valence-electron chi connectivity index (χ4n) is 2.96. The van der Waals surface area contributed by atoms with E-state index < -0.39 is 0 Å². The molecule has 0 aromatic heterocycles. The number of hydrogen-bond acceptors (Lipinski definition) is 2. The lowest BCUT2D eigenvalue weighted by Crippen LogP contribution is -3.08. The van der Waals surface area contributed by atoms with E-state index in [1.807, 2.05) is 52.1 Å². The van der Waals surface area contributed by atoms with Gasteiger partial charge in [0, 0.05) is 5.56 Å². The summed E-state index contributed by atoms with van der Waals surface area (Å²) in [5, 5.41) is 3.51. The molecular weight excluding hydrogens is 336 g/mol. The Hall–Kier alpha value is -2.04. The van der Waals surface area contributed by atoms with Crippen LogP contribution in [0.3, 0.4) is 0 Å². The minimum absolute atomic E-state index is 0.0574. The number of benzene rings is 2. The Morgan fingerprint density at radius 2 is 1.88 bits per heavy atom. The van der Waals surface area contributed by atoms with Crippen molar-refractivity contribution in [3.63, 3.8) is 0 Å². The Morgan fingerprint density at radius 3 is 2.52 bits per heavy atom. The summed E-state index contributed by atoms with van der Waals surface area (Å²) in [6.45, 7) is 7.03. The summed E-state index contributed by atoms with van der Waals surface area (Å²) in [5.41, 5.74) is 5.01. The van der Waals surface area contributed by atoms with Crippen molar-refractivity contribution in [2.75, 3.05) is 26.0 Å². The van der Waals surface area contributed by atoms with E-state index in [0.29, 0.717) is 23.8 Å². The van der Waals surface area contributed by atoms with Crippen molar-refractivity contribution in [3.05, 3.63) is 57.6 Å². The largest absolute Gasteiger partial charge is 0.496 e. The van der Waals surface area contributed by atoms with Crippen molar-refractivity contribution in [2.24, 2.45) is 0 Å². The predicted octanol–water partition coefficient (Wildman–Crippen LogP) is 2.93. The molecule has 0 aliphatic carbocycles. The minimum atomic E-state index is -0.0574. The number of amides is 1. The van der Waals surface area contributed by atoms with Crippen LogP contribution in [0.25, 0.3) is 0 Å². The molecule has 0 radical (unpaired) electrons. The Labute approximate surface area is 154 Å². The Bertz CT molecular complexity index is 751. The summed E-state index contributed by atoms with van der Waals surface area (Å²) < 4.78 is 5.41. The Balaban J connectivity index is 2.03. The molecule has 2 aromatic carbocycles. The van der Waals surface area contributed by atoms with Crippen LogP contribution in [-0.2, 0) is 11.3 Å². The molecule has 1 amide bonds. The molecule has 1 atom stereocenters. The van der Waals surface area contributed by atoms with Gasteiger partial charge in [-0.1, -0.05) is 29.3 Å². The van der Waals surface area contributed by atoms with Crippen molar-refractivity contribution >= 4 is 23.2 Å². The van der Waals surface area contributed by atoms with E-state index in [1.165, 1.54) is 5.56 Å². The standard InChI is InChI=1S/C20H25ClN2O2/c1-13-6-7-18(25-5)16(9-13)11-23(4)12-19(24)22-20-15(3)8-14(2)10-17(20)21/h6-10H,11-12H2,1-5H3,(H,22,24)/p+1. The molecule has 1 unspecified atom stereocenters. The first-order chi connectivity index (χ1) is 11.8. The molecule has 134 valence electrons. The van der Waals surface area contributed by atoms with Gasteiger partial charge in [0.1, 0.15) is 12.3 Å². The third-order valence-corrected chi connectivity index (χ3v) is 4.38. The van der Waals surface area contributed by atoms with E-state index in [-0.39, 0.29) is 5.91 Å². The zero-order chi connectivity index (χ0) is 18.6. The first kappa shape index (κ1) is 19.3. The molecular formula is C20H26ClN2O2+. The van der Waals surface area contributed by atoms with Crippen LogP contribution in [0.1, 0.15) is 22.3 Å². The maximum absolute atomic E-state index is 12.4. The number of ether oxygens (including phenoxy) is 1. The third-order valence-electron chi connectivity index (χ3n) is 4.09. The molecule has 0 bridgehead atoms. The number of methoxy groups -OCH3 is 1. The molecule has 0 heterocycles. The second-order valence-corrected chi connectivity index (χ2v) is 7.02. The highest BCUT2D eigenvalue weighted by molar-refractivity contribution is 6.34. The SMILES string of the molecule is COc1ccc(C)cc1C[NH+](C)CC(=O)Nc1c(C)cc(C)cc1Cl. The summed E-state index contributed by atoms with van der Waals surface area (Å²) in [5.74, 6) is 0.792. The molecule has 0 saturated carbocycles. The highest BCUT2D eigenvalue weighted by atomic mass is 35.5. The van der Waals surface area contributed by atoms with E-state index in [4.69, 9.17) is 16.3 Å². The number of nitrogens with one attached hydrogen (secondary N) is 2. The van der Waals surface area contributed by atoms with Crippen LogP contribution < -0.4 is 15.0 Å². The van der Waals surface area contributed by atoms with E-state index in [1.54, 1.807) is 7.11 Å². The van der Waals surface area contributed by atoms with Crippen LogP contribution in [0, 0.1) is 20.8 Å². The molecule has 5 heteroatoms. The topological polar surface area (TPSA) is 42.8 Å². The van der Waals surface area contributed by atoms with Crippen LogP contribution in [0.4, 0.5) is 5.69 Å². The third kappa shape index (κ3) is 5.21. The van der Waals surface area contributed by atoms with Gasteiger partial charge in [0.15, 0.2) is 6.54 Å². The van der Waals surface area contributed by atoms with E-state index >= 15 is 0 Å². The molecule has 0 saturated heterocycles. The van der Waals surface area contributed by atoms with Gasteiger partial charge in [-0.15, -0.1) is 0 Å². The maximum Gasteiger partial charge on any atom is 0.279 e. The molecule has 2 aromatic rings. The molecule has 0 aliphatic rings. The quantitative estimate of drug-likeness (QED) is 0.830. The van der Waals surface area contributed by atoms with Crippen molar-refractivity contribution < 1.29 is 14.4 Å². The van der Waals surface area contributed by atoms with Gasteiger partial charge >= 0.3 is 0 Å². The molecule has 2 N–H and O–H groups in total. The highest BCUT2D eigenvalue weighted by Gasteiger charge is 2.16. The van der Waals surface area contributed by atoms with Gasteiger partial charge in [-0.05, 0) is 50.1 Å². The van der Waals surface area contributed by atoms with Crippen molar-refractivity contribution in [3.8, 4) is 5.75 Å². The number of hydrogen-bond donors (Lipinski definition) is 2. The van der Waals surface area contributed by atoms with Crippen molar-refractivity contribution in [2.45, 2.75) is 27.3 Å². The van der Waals surface area contributed by atoms with Crippen LogP contribution in [0.15, 0.2) is 30.3 Å². The number of carbonyl (C=O) groups is 1. The summed E-state index contributed by atoms with van der Waals surface area (Å²) in [7, 11) is 3.66. The average molecular weight is 362 g/mol. The molecule has 2 rings (SSSR count). The second kappa shape index (κ2) is 8.37. The normalized spacial score (nSPS) is 11.9. The summed E-state index contributed by atoms with van der Waals surface area (Å²) in [6, 6.07) is 9.95. The lowest BCUT2D eigenvalue weighted by atomic mass is 10.1. The molecule has 25 heavy (non-hydrogen) atoms. The Kier molecular flexibility index (Phi) is 6.45. The number of halogens is 1. The average Bonchev–Trinajstić information content (AvgIpc) is 2.51. The van der Waals surface area contributed by atoms with Gasteiger partial charge < -0.3 is 15.0 Å². The van der Waals surface area contributed by atoms with Crippen LogP contribution in [0.5, 0.6) is 5.75 Å². The smallest absolute Gasteiger partial charge is 0.279 e. The van der Waals surface area contributed by atoms with Crippen molar-refractivity contribution in [1.29, 1.82) is 0 Å². The van der Waals surface area contributed by atoms with Crippen molar-refractivity contribution in [1.82, 2.24) is 0 Å². The molecule has 4 nitrogen and oxygen atoms in total. The van der Waals surface area contributed by atoms with E-state index in [2.05, 4.69) is 11.4 Å². The highest BCUT2D eigenvalue weighted by Crippen LogP contribution is 2.27. The summed E-state index contributed by atoms with van der Waals surface area (Å²) in [4.78, 5) is 13.5. The fraction of sp³-hybridized carbons (Fsp3) is 0.350. The van der Waals surface area contributed by atoms with Gasteiger partial charge in [0.2, 0.25) is 0 Å². The second-order valence-electron chi connectivity index (χ2n) is 6.61. The molecule has 0 aliphatic heterocycles. The monoisotopic (exact) mass is 361 g/mol. The summed E-state index contributed by atoms with van der Waals surface area (Å²) in [6.07, 6.45) is 0. The zero-order valence-corrected chi connectivity index (χ0v) is 16.3. The Morgan fingerprint density at radius 1 is 1.16 bits per heavy atom. The van der Waals surface area contributed by atoms with Crippen LogP contribution >= 0.6 is 11.6 Å².